The zero-order valence-corrected chi connectivity index (χ0v) is 19.4. The number of hydrogen-bond acceptors (Lipinski definition) is 5. The van der Waals surface area contributed by atoms with Crippen molar-refractivity contribution in [3.8, 4) is 5.69 Å². The molecule has 0 atom stereocenters. The first-order valence-corrected chi connectivity index (χ1v) is 11.6. The van der Waals surface area contributed by atoms with Gasteiger partial charge < -0.3 is 9.80 Å². The van der Waals surface area contributed by atoms with Crippen LogP contribution < -0.4 is 4.90 Å². The van der Waals surface area contributed by atoms with Crippen molar-refractivity contribution in [1.29, 1.82) is 0 Å². The Bertz CT molecular complexity index is 1280. The van der Waals surface area contributed by atoms with Crippen LogP contribution in [0.5, 0.6) is 0 Å². The maximum atomic E-state index is 12.7. The number of aromatic nitrogens is 4. The van der Waals surface area contributed by atoms with E-state index < -0.39 is 0 Å². The number of aryl methyl sites for hydroxylation is 1. The van der Waals surface area contributed by atoms with Gasteiger partial charge in [0.1, 0.15) is 12.1 Å². The van der Waals surface area contributed by atoms with Crippen molar-refractivity contribution < 1.29 is 4.79 Å². The number of anilines is 1. The van der Waals surface area contributed by atoms with Gasteiger partial charge in [-0.3, -0.25) is 4.79 Å². The number of halogens is 2. The minimum Gasteiger partial charge on any atom is -0.352 e. The molecular weight excluding hydrogens is 459 g/mol. The van der Waals surface area contributed by atoms with Gasteiger partial charge in [-0.1, -0.05) is 41.4 Å². The van der Waals surface area contributed by atoms with Gasteiger partial charge in [0.2, 0.25) is 5.91 Å². The number of rotatable bonds is 5. The third-order valence-corrected chi connectivity index (χ3v) is 6.36. The molecule has 168 valence electrons. The fourth-order valence-electron chi connectivity index (χ4n) is 4.11. The molecule has 0 N–H and O–H groups in total. The molecule has 2 aromatic heterocycles. The lowest BCUT2D eigenvalue weighted by Gasteiger charge is -2.35. The molecule has 1 fully saturated rings. The molecule has 0 radical (unpaired) electrons. The summed E-state index contributed by atoms with van der Waals surface area (Å²) in [4.78, 5) is 25.8. The van der Waals surface area contributed by atoms with Gasteiger partial charge >= 0.3 is 0 Å². The highest BCUT2D eigenvalue weighted by molar-refractivity contribution is 6.31. The monoisotopic (exact) mass is 480 g/mol. The Labute approximate surface area is 201 Å². The molecule has 9 heteroatoms. The van der Waals surface area contributed by atoms with E-state index in [4.69, 9.17) is 23.2 Å². The fraction of sp³-hybridized carbons (Fsp3) is 0.250. The molecule has 0 saturated carbocycles. The zero-order chi connectivity index (χ0) is 22.8. The first-order chi connectivity index (χ1) is 16.1. The minimum atomic E-state index is 0.172. The first kappa shape index (κ1) is 21.7. The Morgan fingerprint density at radius 2 is 1.73 bits per heavy atom. The van der Waals surface area contributed by atoms with Crippen molar-refractivity contribution in [2.75, 3.05) is 31.1 Å². The van der Waals surface area contributed by atoms with E-state index in [-0.39, 0.29) is 5.91 Å². The number of benzene rings is 2. The Hall–Kier alpha value is -3.16. The normalized spacial score (nSPS) is 14.1. The lowest BCUT2D eigenvalue weighted by atomic mass is 10.1. The van der Waals surface area contributed by atoms with Gasteiger partial charge in [-0.15, -0.1) is 0 Å². The molecule has 4 aromatic rings. The van der Waals surface area contributed by atoms with Gasteiger partial charge in [0.25, 0.3) is 0 Å². The van der Waals surface area contributed by atoms with Crippen LogP contribution >= 0.6 is 23.2 Å². The minimum absolute atomic E-state index is 0.172. The molecule has 2 aromatic carbocycles. The van der Waals surface area contributed by atoms with E-state index >= 15 is 0 Å². The van der Waals surface area contributed by atoms with E-state index in [2.05, 4.69) is 20.0 Å². The van der Waals surface area contributed by atoms with Crippen molar-refractivity contribution >= 4 is 46.0 Å². The molecule has 1 aliphatic heterocycles. The molecule has 0 spiro atoms. The van der Waals surface area contributed by atoms with Crippen molar-refractivity contribution in [1.82, 2.24) is 24.6 Å². The lowest BCUT2D eigenvalue weighted by Crippen LogP contribution is -2.49. The lowest BCUT2D eigenvalue weighted by molar-refractivity contribution is -0.131. The Morgan fingerprint density at radius 1 is 0.939 bits per heavy atom. The van der Waals surface area contributed by atoms with Crippen LogP contribution in [-0.2, 0) is 11.2 Å². The molecule has 3 heterocycles. The highest BCUT2D eigenvalue weighted by Crippen LogP contribution is 2.26. The van der Waals surface area contributed by atoms with Crippen LogP contribution in [0, 0.1) is 0 Å². The van der Waals surface area contributed by atoms with E-state index in [0.717, 1.165) is 28.1 Å². The van der Waals surface area contributed by atoms with Crippen LogP contribution in [0.1, 0.15) is 12.0 Å². The maximum Gasteiger partial charge on any atom is 0.223 e. The van der Waals surface area contributed by atoms with Crippen molar-refractivity contribution in [3.63, 3.8) is 0 Å². The average Bonchev–Trinajstić information content (AvgIpc) is 3.28. The molecule has 0 aliphatic carbocycles. The zero-order valence-electron chi connectivity index (χ0n) is 17.9. The van der Waals surface area contributed by atoms with E-state index in [9.17, 15) is 4.79 Å². The van der Waals surface area contributed by atoms with Gasteiger partial charge in [0.15, 0.2) is 5.65 Å². The van der Waals surface area contributed by atoms with Gasteiger partial charge in [-0.05, 0) is 42.3 Å². The molecule has 7 nitrogen and oxygen atoms in total. The third-order valence-electron chi connectivity index (χ3n) is 5.87. The summed E-state index contributed by atoms with van der Waals surface area (Å²) in [7, 11) is 0. The number of carbonyl (C=O) groups excluding carboxylic acids is 1. The fourth-order valence-corrected chi connectivity index (χ4v) is 4.42. The predicted octanol–water partition coefficient (Wildman–Crippen LogP) is 4.40. The topological polar surface area (TPSA) is 67.2 Å². The number of piperazine rings is 1. The molecule has 0 unspecified atom stereocenters. The van der Waals surface area contributed by atoms with Crippen LogP contribution in [0.15, 0.2) is 61.1 Å². The summed E-state index contributed by atoms with van der Waals surface area (Å²) < 4.78 is 1.77. The van der Waals surface area contributed by atoms with Crippen LogP contribution in [0.2, 0.25) is 10.0 Å². The van der Waals surface area contributed by atoms with E-state index in [1.165, 1.54) is 0 Å². The predicted molar refractivity (Wildman–Crippen MR) is 130 cm³/mol. The standard InChI is InChI=1S/C24H22Cl2N6O/c25-18-7-4-17(5-8-18)6-9-22(33)30-10-12-31(13-11-30)23-21-15-29-32(24(21)28-16-27-23)20-3-1-2-19(26)14-20/h1-5,7-8,14-16H,6,9-13H2. The number of amides is 1. The van der Waals surface area contributed by atoms with Gasteiger partial charge in [-0.2, -0.15) is 5.10 Å². The Kier molecular flexibility index (Phi) is 6.15. The van der Waals surface area contributed by atoms with Crippen LogP contribution in [-0.4, -0.2) is 56.7 Å². The smallest absolute Gasteiger partial charge is 0.223 e. The van der Waals surface area contributed by atoms with Crippen LogP contribution in [0.4, 0.5) is 5.82 Å². The average molecular weight is 481 g/mol. The summed E-state index contributed by atoms with van der Waals surface area (Å²) >= 11 is 12.1. The second kappa shape index (κ2) is 9.37. The van der Waals surface area contributed by atoms with Gasteiger partial charge in [0.05, 0.1) is 17.3 Å². The van der Waals surface area contributed by atoms with Crippen molar-refractivity contribution in [2.24, 2.45) is 0 Å². The number of nitrogens with zero attached hydrogens (tertiary/aromatic N) is 6. The highest BCUT2D eigenvalue weighted by atomic mass is 35.5. The van der Waals surface area contributed by atoms with E-state index in [1.807, 2.05) is 53.4 Å². The van der Waals surface area contributed by atoms with Crippen molar-refractivity contribution in [3.05, 3.63) is 76.7 Å². The summed E-state index contributed by atoms with van der Waals surface area (Å²) in [5.41, 5.74) is 2.69. The third kappa shape index (κ3) is 4.65. The Morgan fingerprint density at radius 3 is 2.48 bits per heavy atom. The molecular formula is C24H22Cl2N6O. The SMILES string of the molecule is O=C(CCc1ccc(Cl)cc1)N1CCN(c2ncnc3c2cnn3-c2cccc(Cl)c2)CC1. The van der Waals surface area contributed by atoms with Gasteiger partial charge in [0, 0.05) is 42.6 Å². The first-order valence-electron chi connectivity index (χ1n) is 10.8. The molecule has 33 heavy (non-hydrogen) atoms. The molecule has 1 saturated heterocycles. The quantitative estimate of drug-likeness (QED) is 0.423. The summed E-state index contributed by atoms with van der Waals surface area (Å²) in [6.45, 7) is 2.74. The second-order valence-corrected chi connectivity index (χ2v) is 8.84. The molecule has 0 bridgehead atoms. The van der Waals surface area contributed by atoms with E-state index in [0.29, 0.717) is 49.1 Å². The van der Waals surface area contributed by atoms with Crippen LogP contribution in [0.25, 0.3) is 16.7 Å². The molecule has 1 amide bonds. The number of hydrogen-bond donors (Lipinski definition) is 0. The highest BCUT2D eigenvalue weighted by Gasteiger charge is 2.24. The second-order valence-electron chi connectivity index (χ2n) is 7.97. The molecule has 1 aliphatic rings. The summed E-state index contributed by atoms with van der Waals surface area (Å²) in [5, 5.41) is 6.74. The number of fused-ring (bicyclic) bond motifs is 1. The maximum absolute atomic E-state index is 12.7. The van der Waals surface area contributed by atoms with Crippen molar-refractivity contribution in [2.45, 2.75) is 12.8 Å². The summed E-state index contributed by atoms with van der Waals surface area (Å²) in [5.74, 6) is 1.01. The van der Waals surface area contributed by atoms with Gasteiger partial charge in [-0.25, -0.2) is 14.6 Å². The largest absolute Gasteiger partial charge is 0.352 e. The van der Waals surface area contributed by atoms with E-state index in [1.54, 1.807) is 17.2 Å². The summed E-state index contributed by atoms with van der Waals surface area (Å²) in [6, 6.07) is 15.2. The summed E-state index contributed by atoms with van der Waals surface area (Å²) in [6.07, 6.45) is 4.55. The number of carbonyl (C=O) groups is 1. The van der Waals surface area contributed by atoms with Crippen LogP contribution in [0.3, 0.4) is 0 Å². The Balaban J connectivity index is 1.26. The molecule has 5 rings (SSSR count).